The molecule has 2 fully saturated rings. The zero-order chi connectivity index (χ0) is 24.9. The molecule has 1 saturated heterocycles. The second kappa shape index (κ2) is 9.01. The van der Waals surface area contributed by atoms with Gasteiger partial charge in [-0.1, -0.05) is 55.5 Å². The van der Waals surface area contributed by atoms with Crippen LogP contribution in [0.2, 0.25) is 0 Å². The lowest BCUT2D eigenvalue weighted by Gasteiger charge is -2.48. The van der Waals surface area contributed by atoms with Gasteiger partial charge in [0.1, 0.15) is 5.52 Å². The molecule has 2 aromatic carbocycles. The summed E-state index contributed by atoms with van der Waals surface area (Å²) in [5.41, 5.74) is 12.8. The predicted molar refractivity (Wildman–Crippen MR) is 150 cm³/mol. The average molecular weight is 492 g/mol. The SMILES string of the molecule is CCN1CCN(C2CC(n3c(-c4ccc5ccc(-c6ccccc6)nc5c4)c4c(N)nccn43)C2)CC1. The molecule has 7 heteroatoms. The number of aromatic nitrogens is 4. The van der Waals surface area contributed by atoms with Crippen LogP contribution in [-0.2, 0) is 0 Å². The van der Waals surface area contributed by atoms with Gasteiger partial charge in [0.25, 0.3) is 0 Å². The van der Waals surface area contributed by atoms with Crippen molar-refractivity contribution in [1.29, 1.82) is 0 Å². The van der Waals surface area contributed by atoms with Crippen molar-refractivity contribution in [1.82, 2.24) is 29.0 Å². The Balaban J connectivity index is 1.22. The van der Waals surface area contributed by atoms with Crippen LogP contribution in [0.25, 0.3) is 38.9 Å². The number of likely N-dealkylation sites (N-methyl/N-ethyl adjacent to an activating group) is 1. The molecule has 3 aromatic heterocycles. The molecule has 7 rings (SSSR count). The Hall–Kier alpha value is -3.68. The summed E-state index contributed by atoms with van der Waals surface area (Å²) in [4.78, 5) is 14.7. The highest BCUT2D eigenvalue weighted by Crippen LogP contribution is 2.43. The van der Waals surface area contributed by atoms with Gasteiger partial charge in [-0.2, -0.15) is 0 Å². The molecule has 2 N–H and O–H groups in total. The molecule has 7 nitrogen and oxygen atoms in total. The van der Waals surface area contributed by atoms with E-state index in [1.807, 2.05) is 12.3 Å². The Morgan fingerprint density at radius 3 is 2.46 bits per heavy atom. The number of nitrogens with two attached hydrogens (primary N) is 1. The van der Waals surface area contributed by atoms with E-state index < -0.39 is 0 Å². The molecule has 0 bridgehead atoms. The van der Waals surface area contributed by atoms with Gasteiger partial charge in [-0.3, -0.25) is 14.1 Å². The number of rotatable bonds is 5. The van der Waals surface area contributed by atoms with Gasteiger partial charge in [0, 0.05) is 61.1 Å². The number of hydrogen-bond donors (Lipinski definition) is 1. The molecule has 5 aromatic rings. The molecule has 1 aliphatic heterocycles. The molecule has 0 spiro atoms. The fourth-order valence-corrected chi connectivity index (χ4v) is 6.17. The molecule has 4 heterocycles. The maximum atomic E-state index is 6.40. The predicted octanol–water partition coefficient (Wildman–Crippen LogP) is 4.94. The van der Waals surface area contributed by atoms with Gasteiger partial charge in [0.05, 0.1) is 22.9 Å². The summed E-state index contributed by atoms with van der Waals surface area (Å²) in [5, 5.41) is 1.14. The first-order chi connectivity index (χ1) is 18.2. The van der Waals surface area contributed by atoms with Gasteiger partial charge in [-0.05, 0) is 31.5 Å². The Morgan fingerprint density at radius 1 is 0.892 bits per heavy atom. The zero-order valence-electron chi connectivity index (χ0n) is 21.3. The van der Waals surface area contributed by atoms with Gasteiger partial charge in [0.15, 0.2) is 5.82 Å². The van der Waals surface area contributed by atoms with Crippen LogP contribution in [0.3, 0.4) is 0 Å². The van der Waals surface area contributed by atoms with Crippen molar-refractivity contribution in [2.45, 2.75) is 31.8 Å². The van der Waals surface area contributed by atoms with Crippen molar-refractivity contribution in [3.63, 3.8) is 0 Å². The number of hydrogen-bond acceptors (Lipinski definition) is 5. The Morgan fingerprint density at radius 2 is 1.68 bits per heavy atom. The first-order valence-corrected chi connectivity index (χ1v) is 13.5. The maximum absolute atomic E-state index is 6.40. The molecule has 0 unspecified atom stereocenters. The summed E-state index contributed by atoms with van der Waals surface area (Å²) in [5.74, 6) is 0.575. The number of fused-ring (bicyclic) bond motifs is 2. The van der Waals surface area contributed by atoms with Gasteiger partial charge >= 0.3 is 0 Å². The van der Waals surface area contributed by atoms with Crippen molar-refractivity contribution >= 4 is 22.2 Å². The number of piperazine rings is 1. The Kier molecular flexibility index (Phi) is 5.48. The lowest BCUT2D eigenvalue weighted by Crippen LogP contribution is -2.54. The van der Waals surface area contributed by atoms with E-state index in [0.717, 1.165) is 39.8 Å². The monoisotopic (exact) mass is 491 g/mol. The third-order valence-electron chi connectivity index (χ3n) is 8.42. The van der Waals surface area contributed by atoms with Crippen LogP contribution >= 0.6 is 0 Å². The lowest BCUT2D eigenvalue weighted by atomic mass is 9.84. The van der Waals surface area contributed by atoms with E-state index in [1.165, 1.54) is 44.7 Å². The molecule has 0 radical (unpaired) electrons. The standard InChI is InChI=1S/C30H33N7/c1-2-34-14-16-35(17-15-34)24-19-25(20-24)37-28(29-30(31)32-12-13-36(29)37)23-9-8-22-10-11-26(33-27(22)18-23)21-6-4-3-5-7-21/h3-13,18,24-25H,2,14-17,19-20H2,1H3,(H2,31,32). The zero-order valence-corrected chi connectivity index (χ0v) is 21.3. The van der Waals surface area contributed by atoms with Crippen LogP contribution in [0.5, 0.6) is 0 Å². The van der Waals surface area contributed by atoms with Crippen molar-refractivity contribution in [2.75, 3.05) is 38.5 Å². The van der Waals surface area contributed by atoms with E-state index in [-0.39, 0.29) is 0 Å². The number of pyridine rings is 1. The summed E-state index contributed by atoms with van der Waals surface area (Å²) >= 11 is 0. The summed E-state index contributed by atoms with van der Waals surface area (Å²) in [7, 11) is 0. The van der Waals surface area contributed by atoms with Crippen LogP contribution in [0.1, 0.15) is 25.8 Å². The summed E-state index contributed by atoms with van der Waals surface area (Å²) in [6.45, 7) is 8.16. The number of benzene rings is 2. The first-order valence-electron chi connectivity index (χ1n) is 13.5. The first kappa shape index (κ1) is 22.5. The van der Waals surface area contributed by atoms with Crippen LogP contribution in [0.4, 0.5) is 5.82 Å². The van der Waals surface area contributed by atoms with E-state index in [2.05, 4.69) is 85.5 Å². The number of anilines is 1. The molecule has 1 saturated carbocycles. The molecule has 37 heavy (non-hydrogen) atoms. The number of nitrogen functional groups attached to an aromatic ring is 1. The van der Waals surface area contributed by atoms with Crippen molar-refractivity contribution in [2.24, 2.45) is 0 Å². The van der Waals surface area contributed by atoms with E-state index >= 15 is 0 Å². The second-order valence-electron chi connectivity index (χ2n) is 10.4. The minimum absolute atomic E-state index is 0.461. The quantitative estimate of drug-likeness (QED) is 0.377. The van der Waals surface area contributed by atoms with Crippen LogP contribution in [-0.4, -0.2) is 67.7 Å². The minimum Gasteiger partial charge on any atom is -0.382 e. The maximum Gasteiger partial charge on any atom is 0.151 e. The van der Waals surface area contributed by atoms with Crippen LogP contribution < -0.4 is 5.73 Å². The molecule has 0 atom stereocenters. The fraction of sp³-hybridized carbons (Fsp3) is 0.333. The van der Waals surface area contributed by atoms with Gasteiger partial charge in [-0.25, -0.2) is 9.97 Å². The van der Waals surface area contributed by atoms with Gasteiger partial charge in [0.2, 0.25) is 0 Å². The topological polar surface area (TPSA) is 67.6 Å². The second-order valence-corrected chi connectivity index (χ2v) is 10.4. The third kappa shape index (κ3) is 3.81. The Labute approximate surface area is 217 Å². The summed E-state index contributed by atoms with van der Waals surface area (Å²) in [6.07, 6.45) is 6.19. The van der Waals surface area contributed by atoms with E-state index in [1.54, 1.807) is 6.20 Å². The minimum atomic E-state index is 0.461. The van der Waals surface area contributed by atoms with Gasteiger partial charge in [-0.15, -0.1) is 0 Å². The van der Waals surface area contributed by atoms with E-state index in [4.69, 9.17) is 10.7 Å². The molecular formula is C30H33N7. The summed E-state index contributed by atoms with van der Waals surface area (Å²) in [6, 6.07) is 22.3. The number of nitrogens with zero attached hydrogens (tertiary/aromatic N) is 6. The van der Waals surface area contributed by atoms with E-state index in [0.29, 0.717) is 17.9 Å². The average Bonchev–Trinajstić information content (AvgIpc) is 2.91. The highest BCUT2D eigenvalue weighted by atomic mass is 15.4. The third-order valence-corrected chi connectivity index (χ3v) is 8.42. The highest BCUT2D eigenvalue weighted by Gasteiger charge is 2.39. The largest absolute Gasteiger partial charge is 0.382 e. The fourth-order valence-electron chi connectivity index (χ4n) is 6.17. The van der Waals surface area contributed by atoms with E-state index in [9.17, 15) is 0 Å². The van der Waals surface area contributed by atoms with Crippen LogP contribution in [0.15, 0.2) is 73.1 Å². The summed E-state index contributed by atoms with van der Waals surface area (Å²) < 4.78 is 4.64. The molecule has 0 amide bonds. The van der Waals surface area contributed by atoms with Crippen molar-refractivity contribution < 1.29 is 0 Å². The normalized spacial score (nSPS) is 21.0. The van der Waals surface area contributed by atoms with Crippen LogP contribution in [0, 0.1) is 0 Å². The Bertz CT molecular complexity index is 1550. The van der Waals surface area contributed by atoms with Crippen molar-refractivity contribution in [3.8, 4) is 22.5 Å². The van der Waals surface area contributed by atoms with Gasteiger partial charge < -0.3 is 10.6 Å². The molecular weight excluding hydrogens is 458 g/mol. The molecule has 188 valence electrons. The molecule has 2 aliphatic rings. The van der Waals surface area contributed by atoms with Crippen molar-refractivity contribution in [3.05, 3.63) is 73.1 Å². The highest BCUT2D eigenvalue weighted by molar-refractivity contribution is 5.92. The smallest absolute Gasteiger partial charge is 0.151 e. The lowest BCUT2D eigenvalue weighted by molar-refractivity contribution is 0.0332. The molecule has 1 aliphatic carbocycles.